The zero-order valence-electron chi connectivity index (χ0n) is 21.6. The van der Waals surface area contributed by atoms with Crippen molar-refractivity contribution < 1.29 is 19.1 Å². The van der Waals surface area contributed by atoms with Crippen LogP contribution in [0, 0.1) is 5.92 Å². The Balaban J connectivity index is 1.17. The predicted molar refractivity (Wildman–Crippen MR) is 147 cm³/mol. The van der Waals surface area contributed by atoms with E-state index in [0.717, 1.165) is 50.3 Å². The summed E-state index contributed by atoms with van der Waals surface area (Å²) in [5, 5.41) is 0.687. The fraction of sp³-hybridized carbons (Fsp3) is 0.355. The number of hydrogen-bond donors (Lipinski definition) is 0. The van der Waals surface area contributed by atoms with E-state index in [2.05, 4.69) is 17.0 Å². The standard InChI is InChI=1S/C31H33ClN2O4/c1-37-31(36)25-9-7-22(8-10-25)21-38-29(24-11-13-26(32)14-12-24)20-33-15-17-34(18-16-33)30(35)28-19-27(28)23-5-3-2-4-6-23/h2-14,27-29H,15-21H2,1H3/t27-,28+,29+/m0/s1. The highest BCUT2D eigenvalue weighted by molar-refractivity contribution is 6.30. The fourth-order valence-electron chi connectivity index (χ4n) is 5.14. The third-order valence-corrected chi connectivity index (χ3v) is 7.76. The van der Waals surface area contributed by atoms with Gasteiger partial charge in [0.2, 0.25) is 5.91 Å². The average molecular weight is 533 g/mol. The lowest BCUT2D eigenvalue weighted by atomic mass is 10.1. The van der Waals surface area contributed by atoms with Crippen LogP contribution in [0.25, 0.3) is 0 Å². The average Bonchev–Trinajstić information content (AvgIpc) is 3.77. The summed E-state index contributed by atoms with van der Waals surface area (Å²) in [5.74, 6) is 0.427. The van der Waals surface area contributed by atoms with Crippen LogP contribution in [0.3, 0.4) is 0 Å². The van der Waals surface area contributed by atoms with Gasteiger partial charge in [-0.05, 0) is 53.3 Å². The molecule has 0 N–H and O–H groups in total. The fourth-order valence-corrected chi connectivity index (χ4v) is 5.27. The van der Waals surface area contributed by atoms with Gasteiger partial charge in [0.25, 0.3) is 0 Å². The number of benzene rings is 3. The Hall–Kier alpha value is -3.19. The number of ether oxygens (including phenoxy) is 2. The second-order valence-corrected chi connectivity index (χ2v) is 10.5. The molecule has 3 atom stereocenters. The van der Waals surface area contributed by atoms with Gasteiger partial charge in [-0.3, -0.25) is 9.69 Å². The Labute approximate surface area is 229 Å². The number of piperazine rings is 1. The van der Waals surface area contributed by atoms with Crippen LogP contribution in [0.4, 0.5) is 0 Å². The molecule has 3 aromatic rings. The first-order valence-electron chi connectivity index (χ1n) is 13.1. The summed E-state index contributed by atoms with van der Waals surface area (Å²) >= 11 is 6.13. The van der Waals surface area contributed by atoms with E-state index in [1.807, 2.05) is 59.5 Å². The maximum absolute atomic E-state index is 13.1. The smallest absolute Gasteiger partial charge is 0.337 e. The van der Waals surface area contributed by atoms with Crippen LogP contribution in [0.5, 0.6) is 0 Å². The minimum Gasteiger partial charge on any atom is -0.465 e. The molecule has 2 fully saturated rings. The van der Waals surface area contributed by atoms with E-state index in [-0.39, 0.29) is 18.0 Å². The summed E-state index contributed by atoms with van der Waals surface area (Å²) in [6.07, 6.45) is 0.802. The molecule has 1 aliphatic carbocycles. The van der Waals surface area contributed by atoms with Gasteiger partial charge in [0.05, 0.1) is 25.4 Å². The summed E-state index contributed by atoms with van der Waals surface area (Å²) in [5.41, 5.74) is 3.82. The zero-order chi connectivity index (χ0) is 26.5. The Kier molecular flexibility index (Phi) is 8.42. The van der Waals surface area contributed by atoms with Gasteiger partial charge < -0.3 is 14.4 Å². The van der Waals surface area contributed by atoms with Crippen molar-refractivity contribution in [2.24, 2.45) is 5.92 Å². The highest BCUT2D eigenvalue weighted by Gasteiger charge is 2.46. The number of halogens is 1. The molecule has 6 nitrogen and oxygen atoms in total. The van der Waals surface area contributed by atoms with Gasteiger partial charge in [0.1, 0.15) is 0 Å². The summed E-state index contributed by atoms with van der Waals surface area (Å²) < 4.78 is 11.2. The van der Waals surface area contributed by atoms with E-state index in [1.165, 1.54) is 12.7 Å². The summed E-state index contributed by atoms with van der Waals surface area (Å²) in [6, 6.07) is 25.4. The van der Waals surface area contributed by atoms with Gasteiger partial charge in [-0.1, -0.05) is 66.2 Å². The van der Waals surface area contributed by atoms with Crippen LogP contribution < -0.4 is 0 Å². The number of hydrogen-bond acceptors (Lipinski definition) is 5. The number of nitrogens with zero attached hydrogens (tertiary/aromatic N) is 2. The number of carbonyl (C=O) groups is 2. The SMILES string of the molecule is COC(=O)c1ccc(CO[C@H](CN2CCN(C(=O)[C@@H]3C[C@H]3c3ccccc3)CC2)c2ccc(Cl)cc2)cc1. The van der Waals surface area contributed by atoms with E-state index in [9.17, 15) is 9.59 Å². The van der Waals surface area contributed by atoms with E-state index in [1.54, 1.807) is 12.1 Å². The van der Waals surface area contributed by atoms with Gasteiger partial charge in [0.15, 0.2) is 0 Å². The molecule has 1 heterocycles. The third-order valence-electron chi connectivity index (χ3n) is 7.51. The van der Waals surface area contributed by atoms with Gasteiger partial charge in [-0.25, -0.2) is 4.79 Å². The number of carbonyl (C=O) groups excluding carboxylic acids is 2. The topological polar surface area (TPSA) is 59.1 Å². The van der Waals surface area contributed by atoms with Crippen molar-refractivity contribution >= 4 is 23.5 Å². The van der Waals surface area contributed by atoms with Crippen molar-refractivity contribution in [2.45, 2.75) is 25.0 Å². The summed E-state index contributed by atoms with van der Waals surface area (Å²) in [4.78, 5) is 29.2. The highest BCUT2D eigenvalue weighted by atomic mass is 35.5. The van der Waals surface area contributed by atoms with Crippen molar-refractivity contribution in [2.75, 3.05) is 39.8 Å². The molecule has 5 rings (SSSR count). The molecule has 198 valence electrons. The monoisotopic (exact) mass is 532 g/mol. The van der Waals surface area contributed by atoms with Gasteiger partial charge in [-0.15, -0.1) is 0 Å². The molecule has 0 bridgehead atoms. The van der Waals surface area contributed by atoms with E-state index in [0.29, 0.717) is 29.0 Å². The zero-order valence-corrected chi connectivity index (χ0v) is 22.3. The molecule has 38 heavy (non-hydrogen) atoms. The minimum atomic E-state index is -0.355. The van der Waals surface area contributed by atoms with E-state index < -0.39 is 0 Å². The Morgan fingerprint density at radius 2 is 1.61 bits per heavy atom. The molecule has 0 unspecified atom stereocenters. The number of rotatable bonds is 9. The first-order chi connectivity index (χ1) is 18.5. The molecule has 0 aromatic heterocycles. The van der Waals surface area contributed by atoms with Crippen LogP contribution in [0.1, 0.15) is 45.5 Å². The van der Waals surface area contributed by atoms with Crippen LogP contribution in [0.2, 0.25) is 5.02 Å². The van der Waals surface area contributed by atoms with Crippen molar-refractivity contribution in [1.29, 1.82) is 0 Å². The Bertz CT molecular complexity index is 1220. The van der Waals surface area contributed by atoms with Crippen molar-refractivity contribution in [3.8, 4) is 0 Å². The molecular weight excluding hydrogens is 500 g/mol. The van der Waals surface area contributed by atoms with Crippen molar-refractivity contribution in [3.63, 3.8) is 0 Å². The second kappa shape index (κ2) is 12.1. The molecule has 1 amide bonds. The quantitative estimate of drug-likeness (QED) is 0.348. The van der Waals surface area contributed by atoms with Crippen LogP contribution in [-0.2, 0) is 20.9 Å². The number of esters is 1. The molecular formula is C31H33ClN2O4. The second-order valence-electron chi connectivity index (χ2n) is 10.0. The van der Waals surface area contributed by atoms with Crippen molar-refractivity contribution in [3.05, 3.63) is 106 Å². The molecule has 1 saturated carbocycles. The summed E-state index contributed by atoms with van der Waals surface area (Å²) in [7, 11) is 1.37. The maximum atomic E-state index is 13.1. The molecule has 7 heteroatoms. The van der Waals surface area contributed by atoms with Gasteiger partial charge >= 0.3 is 5.97 Å². The largest absolute Gasteiger partial charge is 0.465 e. The van der Waals surface area contributed by atoms with Crippen LogP contribution >= 0.6 is 11.6 Å². The first kappa shape index (κ1) is 26.4. The first-order valence-corrected chi connectivity index (χ1v) is 13.5. The lowest BCUT2D eigenvalue weighted by molar-refractivity contribution is -0.134. The van der Waals surface area contributed by atoms with E-state index in [4.69, 9.17) is 21.1 Å². The normalized spacial score (nSPS) is 20.1. The number of amides is 1. The lowest BCUT2D eigenvalue weighted by Gasteiger charge is -2.36. The van der Waals surface area contributed by atoms with Crippen molar-refractivity contribution in [1.82, 2.24) is 9.80 Å². The van der Waals surface area contributed by atoms with Gasteiger partial charge in [-0.2, -0.15) is 0 Å². The molecule has 0 spiro atoms. The molecule has 1 aliphatic heterocycles. The summed E-state index contributed by atoms with van der Waals surface area (Å²) in [6.45, 7) is 4.24. The molecule has 0 radical (unpaired) electrons. The lowest BCUT2D eigenvalue weighted by Crippen LogP contribution is -2.50. The Morgan fingerprint density at radius 1 is 0.921 bits per heavy atom. The van der Waals surface area contributed by atoms with Gasteiger partial charge in [0, 0.05) is 43.7 Å². The predicted octanol–water partition coefficient (Wildman–Crippen LogP) is 5.33. The van der Waals surface area contributed by atoms with Crippen LogP contribution in [0.15, 0.2) is 78.9 Å². The highest BCUT2D eigenvalue weighted by Crippen LogP contribution is 2.48. The molecule has 2 aliphatic rings. The maximum Gasteiger partial charge on any atom is 0.337 e. The minimum absolute atomic E-state index is 0.125. The Morgan fingerprint density at radius 3 is 2.26 bits per heavy atom. The molecule has 3 aromatic carbocycles. The van der Waals surface area contributed by atoms with E-state index >= 15 is 0 Å². The number of methoxy groups -OCH3 is 1. The van der Waals surface area contributed by atoms with Crippen LogP contribution in [-0.4, -0.2) is 61.5 Å². The molecule has 1 saturated heterocycles. The third kappa shape index (κ3) is 6.44.